The number of benzene rings is 2. The molecule has 3 N–H and O–H groups in total. The molecule has 148 valence electrons. The molecule has 0 unspecified atom stereocenters. The smallest absolute Gasteiger partial charge is 0.506 e. The van der Waals surface area contributed by atoms with Crippen molar-refractivity contribution in [2.24, 2.45) is 0 Å². The second-order valence-electron chi connectivity index (χ2n) is 6.78. The number of phenolic OH excluding ortho intramolecular Hbond substituents is 1. The molecular weight excluding hydrogens is 372 g/mol. The zero-order chi connectivity index (χ0) is 19.7. The number of para-hydroxylation sites is 2. The Bertz CT molecular complexity index is 885. The standard InChI is InChI=1S/C19H19F2N3O4/c20-19(21)27-16-6-5-13(11-17(16)28-19)22-18(26)12-23-7-9-24(10-8-23)14-3-1-2-4-15(14)25/h1-6,11,25H,7-10,12H2,(H,22,26)/p+1. The Balaban J connectivity index is 1.29. The van der Waals surface area contributed by atoms with Gasteiger partial charge in [-0.1, -0.05) is 12.1 Å². The van der Waals surface area contributed by atoms with Gasteiger partial charge in [-0.3, -0.25) is 4.79 Å². The maximum absolute atomic E-state index is 13.1. The Morgan fingerprint density at radius 1 is 1.14 bits per heavy atom. The molecule has 0 spiro atoms. The minimum Gasteiger partial charge on any atom is -0.506 e. The van der Waals surface area contributed by atoms with E-state index in [4.69, 9.17) is 0 Å². The van der Waals surface area contributed by atoms with Crippen LogP contribution >= 0.6 is 0 Å². The summed E-state index contributed by atoms with van der Waals surface area (Å²) in [6.45, 7) is 3.20. The Morgan fingerprint density at radius 3 is 2.61 bits per heavy atom. The molecule has 2 aliphatic heterocycles. The predicted octanol–water partition coefficient (Wildman–Crippen LogP) is 1.06. The largest absolute Gasteiger partial charge is 0.586 e. The van der Waals surface area contributed by atoms with Gasteiger partial charge in [0, 0.05) is 11.8 Å². The van der Waals surface area contributed by atoms with E-state index in [1.807, 2.05) is 12.1 Å². The van der Waals surface area contributed by atoms with Gasteiger partial charge < -0.3 is 29.7 Å². The van der Waals surface area contributed by atoms with Crippen LogP contribution in [0.1, 0.15) is 0 Å². The van der Waals surface area contributed by atoms with Crippen LogP contribution in [0, 0.1) is 0 Å². The summed E-state index contributed by atoms with van der Waals surface area (Å²) in [6, 6.07) is 11.3. The van der Waals surface area contributed by atoms with Crippen molar-refractivity contribution in [3.8, 4) is 17.2 Å². The van der Waals surface area contributed by atoms with Crippen molar-refractivity contribution in [3.05, 3.63) is 42.5 Å². The second-order valence-corrected chi connectivity index (χ2v) is 6.78. The summed E-state index contributed by atoms with van der Waals surface area (Å²) in [6.07, 6.45) is -3.68. The van der Waals surface area contributed by atoms with Crippen LogP contribution in [0.3, 0.4) is 0 Å². The summed E-state index contributed by atoms with van der Waals surface area (Å²) < 4.78 is 34.9. The molecular formula is C19H20F2N3O4+. The summed E-state index contributed by atoms with van der Waals surface area (Å²) in [5.41, 5.74) is 1.17. The van der Waals surface area contributed by atoms with Crippen molar-refractivity contribution in [1.82, 2.24) is 0 Å². The first kappa shape index (κ1) is 18.3. The molecule has 0 aliphatic carbocycles. The molecule has 2 aliphatic rings. The number of halogens is 2. The van der Waals surface area contributed by atoms with Gasteiger partial charge in [-0.05, 0) is 24.3 Å². The molecule has 4 rings (SSSR count). The van der Waals surface area contributed by atoms with Gasteiger partial charge in [-0.25, -0.2) is 0 Å². The van der Waals surface area contributed by atoms with E-state index in [0.717, 1.165) is 36.8 Å². The molecule has 2 aromatic carbocycles. The van der Waals surface area contributed by atoms with Crippen LogP contribution in [-0.4, -0.2) is 50.0 Å². The Labute approximate surface area is 160 Å². The summed E-state index contributed by atoms with van der Waals surface area (Å²) in [5, 5.41) is 12.7. The zero-order valence-corrected chi connectivity index (χ0v) is 15.0. The van der Waals surface area contributed by atoms with E-state index in [0.29, 0.717) is 5.69 Å². The molecule has 1 fully saturated rings. The average molecular weight is 392 g/mol. The van der Waals surface area contributed by atoms with Gasteiger partial charge in [-0.15, -0.1) is 8.78 Å². The van der Waals surface area contributed by atoms with Gasteiger partial charge >= 0.3 is 6.29 Å². The highest BCUT2D eigenvalue weighted by atomic mass is 19.3. The van der Waals surface area contributed by atoms with E-state index in [1.54, 1.807) is 12.1 Å². The SMILES string of the molecule is O=C(C[NH+]1CCN(c2ccccc2O)CC1)Nc1ccc2c(c1)OC(F)(F)O2. The molecule has 0 saturated carbocycles. The highest BCUT2D eigenvalue weighted by Crippen LogP contribution is 2.42. The summed E-state index contributed by atoms with van der Waals surface area (Å²) in [4.78, 5) is 15.5. The normalized spacial score (nSPS) is 18.1. The van der Waals surface area contributed by atoms with Gasteiger partial charge in [-0.2, -0.15) is 0 Å². The first-order valence-electron chi connectivity index (χ1n) is 8.96. The van der Waals surface area contributed by atoms with Crippen LogP contribution in [0.5, 0.6) is 17.2 Å². The number of carbonyl (C=O) groups excluding carboxylic acids is 1. The van der Waals surface area contributed by atoms with E-state index in [1.165, 1.54) is 18.2 Å². The molecule has 0 atom stereocenters. The molecule has 2 heterocycles. The van der Waals surface area contributed by atoms with Crippen molar-refractivity contribution in [1.29, 1.82) is 0 Å². The lowest BCUT2D eigenvalue weighted by Crippen LogP contribution is -3.15. The number of piperazine rings is 1. The molecule has 0 aromatic heterocycles. The summed E-state index contributed by atoms with van der Waals surface area (Å²) >= 11 is 0. The summed E-state index contributed by atoms with van der Waals surface area (Å²) in [5.74, 6) is -0.131. The van der Waals surface area contributed by atoms with Crippen molar-refractivity contribution in [2.75, 3.05) is 42.9 Å². The third-order valence-corrected chi connectivity index (χ3v) is 4.79. The maximum Gasteiger partial charge on any atom is 0.586 e. The number of anilines is 2. The minimum absolute atomic E-state index is 0.0612. The number of ether oxygens (including phenoxy) is 2. The highest BCUT2D eigenvalue weighted by molar-refractivity contribution is 5.91. The van der Waals surface area contributed by atoms with Gasteiger partial charge in [0.1, 0.15) is 5.75 Å². The number of quaternary nitrogens is 1. The Morgan fingerprint density at radius 2 is 1.86 bits per heavy atom. The fourth-order valence-corrected chi connectivity index (χ4v) is 3.43. The molecule has 1 saturated heterocycles. The van der Waals surface area contributed by atoms with Crippen LogP contribution in [0.4, 0.5) is 20.2 Å². The minimum atomic E-state index is -3.68. The van der Waals surface area contributed by atoms with Crippen LogP contribution in [0.2, 0.25) is 0 Å². The van der Waals surface area contributed by atoms with Crippen molar-refractivity contribution >= 4 is 17.3 Å². The maximum atomic E-state index is 13.1. The van der Waals surface area contributed by atoms with E-state index in [-0.39, 0.29) is 29.7 Å². The number of hydrogen-bond acceptors (Lipinski definition) is 5. The Kier molecular flexibility index (Phi) is 4.68. The van der Waals surface area contributed by atoms with Crippen LogP contribution < -0.4 is 24.6 Å². The van der Waals surface area contributed by atoms with Crippen LogP contribution in [0.25, 0.3) is 0 Å². The molecule has 0 radical (unpaired) electrons. The van der Waals surface area contributed by atoms with Gasteiger partial charge in [0.25, 0.3) is 5.91 Å². The number of alkyl halides is 2. The number of hydrogen-bond donors (Lipinski definition) is 3. The molecule has 28 heavy (non-hydrogen) atoms. The van der Waals surface area contributed by atoms with E-state index in [2.05, 4.69) is 19.7 Å². The number of carbonyl (C=O) groups is 1. The lowest BCUT2D eigenvalue weighted by atomic mass is 10.2. The topological polar surface area (TPSA) is 75.5 Å². The van der Waals surface area contributed by atoms with Crippen LogP contribution in [-0.2, 0) is 4.79 Å². The van der Waals surface area contributed by atoms with Gasteiger partial charge in [0.2, 0.25) is 0 Å². The third-order valence-electron chi connectivity index (χ3n) is 4.79. The number of nitrogens with one attached hydrogen (secondary N) is 2. The first-order chi connectivity index (χ1) is 13.4. The zero-order valence-electron chi connectivity index (χ0n) is 15.0. The van der Waals surface area contributed by atoms with Crippen LogP contribution in [0.15, 0.2) is 42.5 Å². The fourth-order valence-electron chi connectivity index (χ4n) is 3.43. The monoisotopic (exact) mass is 392 g/mol. The number of amides is 1. The van der Waals surface area contributed by atoms with Crippen molar-refractivity contribution in [3.63, 3.8) is 0 Å². The second kappa shape index (κ2) is 7.16. The number of nitrogens with zero attached hydrogens (tertiary/aromatic N) is 1. The van der Waals surface area contributed by atoms with Gasteiger partial charge in [0.15, 0.2) is 18.0 Å². The number of fused-ring (bicyclic) bond motifs is 1. The molecule has 0 bridgehead atoms. The highest BCUT2D eigenvalue weighted by Gasteiger charge is 2.43. The average Bonchev–Trinajstić information content (AvgIpc) is 2.96. The van der Waals surface area contributed by atoms with E-state index < -0.39 is 6.29 Å². The van der Waals surface area contributed by atoms with E-state index in [9.17, 15) is 18.7 Å². The lowest BCUT2D eigenvalue weighted by Gasteiger charge is -2.33. The van der Waals surface area contributed by atoms with Gasteiger partial charge in [0.05, 0.1) is 31.9 Å². The molecule has 9 heteroatoms. The summed E-state index contributed by atoms with van der Waals surface area (Å²) in [7, 11) is 0. The lowest BCUT2D eigenvalue weighted by molar-refractivity contribution is -0.892. The van der Waals surface area contributed by atoms with Crippen molar-refractivity contribution in [2.45, 2.75) is 6.29 Å². The Hall–Kier alpha value is -3.07. The third kappa shape index (κ3) is 3.94. The molecule has 1 amide bonds. The number of phenols is 1. The predicted molar refractivity (Wildman–Crippen MR) is 97.2 cm³/mol. The van der Waals surface area contributed by atoms with Crippen molar-refractivity contribution < 1.29 is 33.1 Å². The first-order valence-corrected chi connectivity index (χ1v) is 8.96. The van der Waals surface area contributed by atoms with E-state index >= 15 is 0 Å². The molecule has 7 nitrogen and oxygen atoms in total. The molecule has 2 aromatic rings. The quantitative estimate of drug-likeness (QED) is 0.726. The number of aromatic hydroxyl groups is 1. The number of rotatable bonds is 4. The fraction of sp³-hybridized carbons (Fsp3) is 0.316.